The Morgan fingerprint density at radius 1 is 1.03 bits per heavy atom. The molecular weight excluding hydrogens is 370 g/mol. The van der Waals surface area contributed by atoms with Crippen LogP contribution in [0.15, 0.2) is 48.5 Å². The lowest BCUT2D eigenvalue weighted by Gasteiger charge is -2.21. The zero-order valence-corrected chi connectivity index (χ0v) is 15.8. The zero-order valence-electron chi connectivity index (χ0n) is 15.8. The summed E-state index contributed by atoms with van der Waals surface area (Å²) < 4.78 is 0. The van der Waals surface area contributed by atoms with E-state index in [1.807, 2.05) is 24.3 Å². The second-order valence-electron chi connectivity index (χ2n) is 6.84. The molecule has 3 N–H and O–H groups in total. The van der Waals surface area contributed by atoms with E-state index in [4.69, 9.17) is 5.73 Å². The Labute approximate surface area is 167 Å². The molecule has 0 bridgehead atoms. The number of benzene rings is 2. The van der Waals surface area contributed by atoms with Gasteiger partial charge in [-0.2, -0.15) is 4.80 Å². The Morgan fingerprint density at radius 2 is 1.76 bits per heavy atom. The molecule has 0 radical (unpaired) electrons. The molecule has 1 saturated heterocycles. The molecule has 0 unspecified atom stereocenters. The topological polar surface area (TPSA) is 119 Å². The van der Waals surface area contributed by atoms with Crippen LogP contribution in [-0.2, 0) is 11.3 Å². The number of hydrogen-bond donors (Lipinski definition) is 2. The molecule has 0 aliphatic carbocycles. The summed E-state index contributed by atoms with van der Waals surface area (Å²) in [7, 11) is 0. The van der Waals surface area contributed by atoms with E-state index in [2.05, 4.69) is 25.6 Å². The van der Waals surface area contributed by atoms with Crippen LogP contribution in [-0.4, -0.2) is 45.1 Å². The SMILES string of the molecule is NC(=O)c1ccc(-c2nnn(CC(=O)Nc3ccccc3N3CCCC3)n2)cc1. The largest absolute Gasteiger partial charge is 0.370 e. The van der Waals surface area contributed by atoms with Crippen molar-refractivity contribution in [2.75, 3.05) is 23.3 Å². The van der Waals surface area contributed by atoms with E-state index in [9.17, 15) is 9.59 Å². The van der Waals surface area contributed by atoms with Crippen LogP contribution in [0.3, 0.4) is 0 Å². The van der Waals surface area contributed by atoms with Crippen LogP contribution < -0.4 is 16.0 Å². The Balaban J connectivity index is 1.43. The second kappa shape index (κ2) is 8.09. The molecule has 1 fully saturated rings. The summed E-state index contributed by atoms with van der Waals surface area (Å²) in [5.74, 6) is -0.366. The summed E-state index contributed by atoms with van der Waals surface area (Å²) in [4.78, 5) is 27.2. The highest BCUT2D eigenvalue weighted by Gasteiger charge is 2.17. The number of hydrogen-bond acceptors (Lipinski definition) is 6. The number of carbonyl (C=O) groups excluding carboxylic acids is 2. The molecule has 2 aromatic carbocycles. The van der Waals surface area contributed by atoms with Gasteiger partial charge in [0.15, 0.2) is 0 Å². The van der Waals surface area contributed by atoms with Crippen molar-refractivity contribution in [3.8, 4) is 11.4 Å². The predicted molar refractivity (Wildman–Crippen MR) is 108 cm³/mol. The van der Waals surface area contributed by atoms with Gasteiger partial charge < -0.3 is 16.0 Å². The first-order valence-corrected chi connectivity index (χ1v) is 9.42. The molecule has 2 heterocycles. The lowest BCUT2D eigenvalue weighted by Crippen LogP contribution is -2.24. The monoisotopic (exact) mass is 391 g/mol. The summed E-state index contributed by atoms with van der Waals surface area (Å²) in [6.45, 7) is 1.94. The number of nitrogens with one attached hydrogen (secondary N) is 1. The lowest BCUT2D eigenvalue weighted by atomic mass is 10.1. The van der Waals surface area contributed by atoms with Crippen LogP contribution in [0.4, 0.5) is 11.4 Å². The van der Waals surface area contributed by atoms with Crippen molar-refractivity contribution in [1.29, 1.82) is 0 Å². The first kappa shape index (κ1) is 18.6. The van der Waals surface area contributed by atoms with E-state index in [1.165, 1.54) is 4.80 Å². The van der Waals surface area contributed by atoms with E-state index in [-0.39, 0.29) is 12.5 Å². The number of tetrazole rings is 1. The first-order valence-electron chi connectivity index (χ1n) is 9.42. The molecule has 9 heteroatoms. The maximum atomic E-state index is 12.5. The maximum Gasteiger partial charge on any atom is 0.248 e. The number of amides is 2. The second-order valence-corrected chi connectivity index (χ2v) is 6.84. The average Bonchev–Trinajstić information content (AvgIpc) is 3.41. The lowest BCUT2D eigenvalue weighted by molar-refractivity contribution is -0.117. The number of nitrogens with two attached hydrogens (primary N) is 1. The minimum absolute atomic E-state index is 0.0549. The Bertz CT molecular complexity index is 1020. The highest BCUT2D eigenvalue weighted by molar-refractivity contribution is 5.94. The van der Waals surface area contributed by atoms with Crippen molar-refractivity contribution >= 4 is 23.2 Å². The summed E-state index contributed by atoms with van der Waals surface area (Å²) in [6, 6.07) is 14.4. The summed E-state index contributed by atoms with van der Waals surface area (Å²) in [5, 5.41) is 15.1. The van der Waals surface area contributed by atoms with Gasteiger partial charge in [0.25, 0.3) is 0 Å². The molecule has 1 aliphatic heterocycles. The molecule has 1 aromatic heterocycles. The number of anilines is 2. The minimum Gasteiger partial charge on any atom is -0.370 e. The van der Waals surface area contributed by atoms with E-state index < -0.39 is 5.91 Å². The molecule has 1 aliphatic rings. The van der Waals surface area contributed by atoms with Crippen molar-refractivity contribution < 1.29 is 9.59 Å². The van der Waals surface area contributed by atoms with Gasteiger partial charge in [-0.1, -0.05) is 24.3 Å². The van der Waals surface area contributed by atoms with E-state index in [0.29, 0.717) is 17.0 Å². The highest BCUT2D eigenvalue weighted by Crippen LogP contribution is 2.28. The Hall–Kier alpha value is -3.75. The third-order valence-electron chi connectivity index (χ3n) is 4.79. The summed E-state index contributed by atoms with van der Waals surface area (Å²) in [5.41, 5.74) is 8.13. The van der Waals surface area contributed by atoms with Gasteiger partial charge in [0, 0.05) is 24.2 Å². The molecule has 0 saturated carbocycles. The third-order valence-corrected chi connectivity index (χ3v) is 4.79. The number of primary amides is 1. The molecule has 3 aromatic rings. The summed E-state index contributed by atoms with van der Waals surface area (Å²) in [6.07, 6.45) is 2.32. The molecule has 2 amide bonds. The van der Waals surface area contributed by atoms with Crippen LogP contribution >= 0.6 is 0 Å². The fraction of sp³-hybridized carbons (Fsp3) is 0.250. The molecular formula is C20H21N7O2. The van der Waals surface area contributed by atoms with Gasteiger partial charge >= 0.3 is 0 Å². The van der Waals surface area contributed by atoms with Crippen molar-refractivity contribution in [1.82, 2.24) is 20.2 Å². The third kappa shape index (κ3) is 4.23. The van der Waals surface area contributed by atoms with Crippen molar-refractivity contribution in [2.24, 2.45) is 5.73 Å². The molecule has 148 valence electrons. The smallest absolute Gasteiger partial charge is 0.248 e. The molecule has 0 atom stereocenters. The number of nitrogens with zero attached hydrogens (tertiary/aromatic N) is 5. The van der Waals surface area contributed by atoms with Gasteiger partial charge in [-0.05, 0) is 42.3 Å². The molecule has 29 heavy (non-hydrogen) atoms. The standard InChI is InChI=1S/C20H21N7O2/c21-19(29)14-7-9-15(10-8-14)20-23-25-27(24-20)13-18(28)22-16-5-1-2-6-17(16)26-11-3-4-12-26/h1-2,5-10H,3-4,11-13H2,(H2,21,29)(H,22,28). The predicted octanol–water partition coefficient (Wildman–Crippen LogP) is 1.68. The van der Waals surface area contributed by atoms with Gasteiger partial charge in [0.05, 0.1) is 11.4 Å². The van der Waals surface area contributed by atoms with Gasteiger partial charge in [0.2, 0.25) is 17.6 Å². The Morgan fingerprint density at radius 3 is 2.48 bits per heavy atom. The fourth-order valence-electron chi connectivity index (χ4n) is 3.34. The fourth-order valence-corrected chi connectivity index (χ4v) is 3.34. The first-order chi connectivity index (χ1) is 14.1. The molecule has 4 rings (SSSR count). The van der Waals surface area contributed by atoms with Crippen LogP contribution in [0.2, 0.25) is 0 Å². The number of rotatable bonds is 6. The van der Waals surface area contributed by atoms with Gasteiger partial charge in [-0.3, -0.25) is 9.59 Å². The summed E-state index contributed by atoms with van der Waals surface area (Å²) >= 11 is 0. The normalized spacial score (nSPS) is 13.4. The maximum absolute atomic E-state index is 12.5. The van der Waals surface area contributed by atoms with Gasteiger partial charge in [-0.25, -0.2) is 0 Å². The number of para-hydroxylation sites is 2. The van der Waals surface area contributed by atoms with Crippen LogP contribution in [0.1, 0.15) is 23.2 Å². The van der Waals surface area contributed by atoms with E-state index in [0.717, 1.165) is 37.3 Å². The van der Waals surface area contributed by atoms with Crippen LogP contribution in [0.25, 0.3) is 11.4 Å². The minimum atomic E-state index is -0.501. The van der Waals surface area contributed by atoms with Gasteiger partial charge in [-0.15, -0.1) is 10.2 Å². The van der Waals surface area contributed by atoms with Crippen molar-refractivity contribution in [3.05, 3.63) is 54.1 Å². The van der Waals surface area contributed by atoms with E-state index in [1.54, 1.807) is 24.3 Å². The van der Waals surface area contributed by atoms with Gasteiger partial charge in [0.1, 0.15) is 6.54 Å². The van der Waals surface area contributed by atoms with Crippen molar-refractivity contribution in [2.45, 2.75) is 19.4 Å². The van der Waals surface area contributed by atoms with Crippen molar-refractivity contribution in [3.63, 3.8) is 0 Å². The van der Waals surface area contributed by atoms with Crippen LogP contribution in [0, 0.1) is 0 Å². The zero-order chi connectivity index (χ0) is 20.2. The van der Waals surface area contributed by atoms with Crippen LogP contribution in [0.5, 0.6) is 0 Å². The Kier molecular flexibility index (Phi) is 5.19. The molecule has 0 spiro atoms. The average molecular weight is 391 g/mol. The number of aromatic nitrogens is 4. The number of carbonyl (C=O) groups is 2. The van der Waals surface area contributed by atoms with E-state index >= 15 is 0 Å². The molecule has 9 nitrogen and oxygen atoms in total. The highest BCUT2D eigenvalue weighted by atomic mass is 16.2. The quantitative estimate of drug-likeness (QED) is 0.660.